The van der Waals surface area contributed by atoms with Crippen molar-refractivity contribution in [3.8, 4) is 0 Å². The Morgan fingerprint density at radius 2 is 1.15 bits per heavy atom. The summed E-state index contributed by atoms with van der Waals surface area (Å²) in [4.78, 5) is 53.6. The van der Waals surface area contributed by atoms with Crippen LogP contribution in [-0.4, -0.2) is 34.0 Å². The molecule has 7 nitrogen and oxygen atoms in total. The largest absolute Gasteiger partial charge is 0.481 e. The van der Waals surface area contributed by atoms with Gasteiger partial charge < -0.3 is 10.2 Å². The Balaban J connectivity index is 1.83. The molecule has 46 heavy (non-hydrogen) atoms. The van der Waals surface area contributed by atoms with Crippen LogP contribution in [0.1, 0.15) is 88.8 Å². The minimum absolute atomic E-state index is 0.0118. The molecule has 3 N–H and O–H groups in total. The zero-order valence-electron chi connectivity index (χ0n) is 27.6. The average Bonchev–Trinajstić information content (AvgIpc) is 3.25. The van der Waals surface area contributed by atoms with Crippen LogP contribution in [-0.2, 0) is 19.2 Å². The summed E-state index contributed by atoms with van der Waals surface area (Å²) < 4.78 is 0. The molecule has 7 atom stereocenters. The number of imide groups is 1. The second kappa shape index (κ2) is 14.0. The van der Waals surface area contributed by atoms with E-state index in [-0.39, 0.29) is 36.0 Å². The number of carbonyl (C=O) groups is 4. The molecule has 3 aromatic rings. The summed E-state index contributed by atoms with van der Waals surface area (Å²) in [5, 5.41) is 24.1. The maximum atomic E-state index is 13.6. The summed E-state index contributed by atoms with van der Waals surface area (Å²) in [6.45, 7) is 12.2. The Kier molecular flexibility index (Phi) is 10.5. The second-order valence-electron chi connectivity index (χ2n) is 14.9. The van der Waals surface area contributed by atoms with Crippen molar-refractivity contribution >= 4 is 23.8 Å². The highest BCUT2D eigenvalue weighted by Gasteiger charge is 2.52. The lowest BCUT2D eigenvalue weighted by Crippen LogP contribution is -2.39. The maximum absolute atomic E-state index is 13.6. The first-order valence-corrected chi connectivity index (χ1v) is 16.1. The van der Waals surface area contributed by atoms with Gasteiger partial charge in [-0.15, -0.1) is 0 Å². The molecule has 1 heterocycles. The van der Waals surface area contributed by atoms with Gasteiger partial charge in [-0.3, -0.25) is 24.5 Å². The van der Waals surface area contributed by atoms with Crippen molar-refractivity contribution in [3.05, 3.63) is 108 Å². The summed E-state index contributed by atoms with van der Waals surface area (Å²) >= 11 is 0. The molecule has 244 valence electrons. The van der Waals surface area contributed by atoms with Crippen LogP contribution in [0.25, 0.3) is 0 Å². The van der Waals surface area contributed by atoms with Gasteiger partial charge in [0.05, 0.1) is 23.7 Å². The molecule has 4 rings (SSSR count). The molecule has 3 aromatic carbocycles. The third kappa shape index (κ3) is 7.75. The number of hydrogen-bond donors (Lipinski definition) is 3. The first-order chi connectivity index (χ1) is 21.6. The van der Waals surface area contributed by atoms with E-state index in [9.17, 15) is 29.4 Å². The third-order valence-corrected chi connectivity index (χ3v) is 9.71. The highest BCUT2D eigenvalue weighted by molar-refractivity contribution is 6.05. The molecule has 0 aliphatic carbocycles. The molecule has 7 unspecified atom stereocenters. The van der Waals surface area contributed by atoms with Gasteiger partial charge in [-0.25, -0.2) is 0 Å². The fourth-order valence-corrected chi connectivity index (χ4v) is 7.61. The van der Waals surface area contributed by atoms with E-state index >= 15 is 0 Å². The van der Waals surface area contributed by atoms with Crippen molar-refractivity contribution in [3.63, 3.8) is 0 Å². The first kappa shape index (κ1) is 34.6. The number of carboxylic acid groups (broad SMARTS) is 2. The van der Waals surface area contributed by atoms with E-state index in [1.807, 2.05) is 108 Å². The van der Waals surface area contributed by atoms with E-state index in [4.69, 9.17) is 0 Å². The Hall–Kier alpha value is -4.26. The number of nitrogens with one attached hydrogen (secondary N) is 1. The lowest BCUT2D eigenvalue weighted by atomic mass is 9.62. The van der Waals surface area contributed by atoms with Crippen LogP contribution in [0.5, 0.6) is 0 Å². The molecule has 1 aliphatic heterocycles. The SMILES string of the molecule is CC(C)(C)C(CC(C(=O)O)C(C(=O)O)C(CC1C(=O)NC(=O)C1C(c1ccccc1)C(C)(C)C)c1ccccc1)c1ccccc1. The molecule has 0 spiro atoms. The van der Waals surface area contributed by atoms with Crippen molar-refractivity contribution in [1.82, 2.24) is 5.32 Å². The molecule has 1 saturated heterocycles. The predicted molar refractivity (Wildman–Crippen MR) is 178 cm³/mol. The van der Waals surface area contributed by atoms with E-state index in [0.29, 0.717) is 5.56 Å². The summed E-state index contributed by atoms with van der Waals surface area (Å²) in [7, 11) is 0. The molecule has 1 aliphatic rings. The highest BCUT2D eigenvalue weighted by Crippen LogP contribution is 2.50. The lowest BCUT2D eigenvalue weighted by molar-refractivity contribution is -0.156. The quantitative estimate of drug-likeness (QED) is 0.179. The molecular formula is C39H47NO6. The summed E-state index contributed by atoms with van der Waals surface area (Å²) in [6, 6.07) is 28.2. The van der Waals surface area contributed by atoms with Crippen LogP contribution in [0.4, 0.5) is 0 Å². The van der Waals surface area contributed by atoms with Crippen molar-refractivity contribution in [2.75, 3.05) is 0 Å². The molecule has 7 heteroatoms. The normalized spacial score (nSPS) is 20.3. The smallest absolute Gasteiger partial charge is 0.307 e. The zero-order chi connectivity index (χ0) is 33.8. The van der Waals surface area contributed by atoms with Gasteiger partial charge in [-0.2, -0.15) is 0 Å². The van der Waals surface area contributed by atoms with E-state index in [2.05, 4.69) is 5.32 Å². The van der Waals surface area contributed by atoms with Crippen LogP contribution in [0.15, 0.2) is 91.0 Å². The lowest BCUT2D eigenvalue weighted by Gasteiger charge is -2.39. The standard InChI is InChI=1S/C39H47NO6/c1-38(2,3)30(25-18-12-8-13-19-25)23-29(36(43)44)31(37(45)46)27(24-16-10-7-11-17-24)22-28-32(35(42)40-34(28)41)33(39(4,5)6)26-20-14-9-15-21-26/h7-21,27-33H,22-23H2,1-6H3,(H,43,44)(H,45,46)(H,40,41,42). The topological polar surface area (TPSA) is 121 Å². The van der Waals surface area contributed by atoms with Crippen molar-refractivity contribution in [2.45, 2.75) is 72.1 Å². The second-order valence-corrected chi connectivity index (χ2v) is 14.9. The van der Waals surface area contributed by atoms with E-state index < -0.39 is 52.9 Å². The monoisotopic (exact) mass is 625 g/mol. The Labute approximate surface area is 272 Å². The van der Waals surface area contributed by atoms with Crippen LogP contribution < -0.4 is 5.32 Å². The molecular weight excluding hydrogens is 578 g/mol. The van der Waals surface area contributed by atoms with Gasteiger partial charge in [0.15, 0.2) is 0 Å². The predicted octanol–water partition coefficient (Wildman–Crippen LogP) is 7.50. The zero-order valence-corrected chi connectivity index (χ0v) is 27.6. The molecule has 0 saturated carbocycles. The Morgan fingerprint density at radius 3 is 1.59 bits per heavy atom. The summed E-state index contributed by atoms with van der Waals surface area (Å²) in [5.41, 5.74) is 1.71. The van der Waals surface area contributed by atoms with Crippen LogP contribution in [0.3, 0.4) is 0 Å². The van der Waals surface area contributed by atoms with Gasteiger partial charge in [0.2, 0.25) is 11.8 Å². The maximum Gasteiger partial charge on any atom is 0.307 e. The summed E-state index contributed by atoms with van der Waals surface area (Å²) in [6.07, 6.45) is 0.106. The van der Waals surface area contributed by atoms with Crippen LogP contribution >= 0.6 is 0 Å². The highest BCUT2D eigenvalue weighted by atomic mass is 16.4. The molecule has 0 radical (unpaired) electrons. The van der Waals surface area contributed by atoms with Gasteiger partial charge in [-0.1, -0.05) is 133 Å². The van der Waals surface area contributed by atoms with Gasteiger partial charge in [0, 0.05) is 5.92 Å². The number of benzene rings is 3. The van der Waals surface area contributed by atoms with Crippen LogP contribution in [0.2, 0.25) is 0 Å². The average molecular weight is 626 g/mol. The number of amides is 2. The molecule has 0 aromatic heterocycles. The van der Waals surface area contributed by atoms with E-state index in [1.54, 1.807) is 24.3 Å². The molecule has 2 amide bonds. The first-order valence-electron chi connectivity index (χ1n) is 16.1. The van der Waals surface area contributed by atoms with E-state index in [0.717, 1.165) is 11.1 Å². The van der Waals surface area contributed by atoms with Crippen LogP contribution in [0, 0.1) is 34.5 Å². The van der Waals surface area contributed by atoms with Gasteiger partial charge in [0.25, 0.3) is 0 Å². The van der Waals surface area contributed by atoms with Crippen molar-refractivity contribution in [2.24, 2.45) is 34.5 Å². The Bertz CT molecular complexity index is 1510. The molecule has 0 bridgehead atoms. The number of aliphatic carboxylic acids is 2. The fourth-order valence-electron chi connectivity index (χ4n) is 7.61. The minimum atomic E-state index is -1.36. The number of rotatable bonds is 12. The van der Waals surface area contributed by atoms with Gasteiger partial charge >= 0.3 is 11.9 Å². The third-order valence-electron chi connectivity index (χ3n) is 9.71. The Morgan fingerprint density at radius 1 is 0.674 bits per heavy atom. The number of carbonyl (C=O) groups excluding carboxylic acids is 2. The van der Waals surface area contributed by atoms with E-state index in [1.165, 1.54) is 0 Å². The van der Waals surface area contributed by atoms with Crippen molar-refractivity contribution < 1.29 is 29.4 Å². The van der Waals surface area contributed by atoms with Gasteiger partial charge in [0.1, 0.15) is 0 Å². The molecule has 1 fully saturated rings. The minimum Gasteiger partial charge on any atom is -0.481 e. The number of hydrogen-bond acceptors (Lipinski definition) is 4. The van der Waals surface area contributed by atoms with Crippen molar-refractivity contribution in [1.29, 1.82) is 0 Å². The summed E-state index contributed by atoms with van der Waals surface area (Å²) in [5.74, 6) is -8.95. The number of carboxylic acids is 2. The fraction of sp³-hybridized carbons (Fsp3) is 0.436. The van der Waals surface area contributed by atoms with Gasteiger partial charge in [-0.05, 0) is 52.2 Å².